The quantitative estimate of drug-likeness (QED) is 0.202. The van der Waals surface area contributed by atoms with Crippen LogP contribution in [0.15, 0.2) is 50.8 Å². The minimum Gasteiger partial charge on any atom is -0.478 e. The van der Waals surface area contributed by atoms with Crippen LogP contribution in [-0.4, -0.2) is 40.0 Å². The molecular formula is C23H23BrN4O6. The van der Waals surface area contributed by atoms with Crippen LogP contribution in [0.25, 0.3) is 10.9 Å². The van der Waals surface area contributed by atoms with Crippen LogP contribution in [0.5, 0.6) is 5.75 Å². The van der Waals surface area contributed by atoms with E-state index < -0.39 is 28.0 Å². The van der Waals surface area contributed by atoms with Crippen molar-refractivity contribution < 1.29 is 19.2 Å². The van der Waals surface area contributed by atoms with Crippen LogP contribution in [-0.2, 0) is 14.9 Å². The van der Waals surface area contributed by atoms with E-state index in [-0.39, 0.29) is 17.0 Å². The molecule has 1 atom stereocenters. The Morgan fingerprint density at radius 3 is 2.59 bits per heavy atom. The van der Waals surface area contributed by atoms with Crippen molar-refractivity contribution in [3.63, 3.8) is 0 Å². The van der Waals surface area contributed by atoms with Crippen LogP contribution in [0, 0.1) is 10.1 Å². The summed E-state index contributed by atoms with van der Waals surface area (Å²) in [6.45, 7) is 7.17. The van der Waals surface area contributed by atoms with E-state index in [9.17, 15) is 19.7 Å². The van der Waals surface area contributed by atoms with Crippen LogP contribution in [0.1, 0.15) is 39.1 Å². The maximum atomic E-state index is 13.3. The molecule has 11 heteroatoms. The lowest BCUT2D eigenvalue weighted by Crippen LogP contribution is -2.29. The van der Waals surface area contributed by atoms with Gasteiger partial charge in [-0.3, -0.25) is 14.9 Å². The molecule has 0 fully saturated rings. The molecule has 3 rings (SSSR count). The Kier molecular flexibility index (Phi) is 7.15. The van der Waals surface area contributed by atoms with Gasteiger partial charge < -0.3 is 9.47 Å². The van der Waals surface area contributed by atoms with Gasteiger partial charge in [0.15, 0.2) is 6.10 Å². The highest BCUT2D eigenvalue weighted by atomic mass is 79.9. The average molecular weight is 531 g/mol. The molecule has 0 radical (unpaired) electrons. The summed E-state index contributed by atoms with van der Waals surface area (Å²) in [7, 11) is 1.23. The number of carbonyl (C=O) groups is 1. The van der Waals surface area contributed by atoms with E-state index >= 15 is 0 Å². The summed E-state index contributed by atoms with van der Waals surface area (Å²) in [5.41, 5.74) is -0.423. The van der Waals surface area contributed by atoms with Gasteiger partial charge in [-0.2, -0.15) is 9.78 Å². The van der Waals surface area contributed by atoms with Crippen molar-refractivity contribution in [2.24, 2.45) is 5.10 Å². The van der Waals surface area contributed by atoms with Crippen molar-refractivity contribution in [1.82, 2.24) is 9.66 Å². The molecule has 1 heterocycles. The Morgan fingerprint density at radius 2 is 1.97 bits per heavy atom. The molecule has 0 N–H and O–H groups in total. The van der Waals surface area contributed by atoms with Crippen LogP contribution in [0.2, 0.25) is 0 Å². The van der Waals surface area contributed by atoms with Crippen molar-refractivity contribution in [1.29, 1.82) is 0 Å². The van der Waals surface area contributed by atoms with Crippen molar-refractivity contribution >= 4 is 44.7 Å². The maximum absolute atomic E-state index is 13.3. The number of halogens is 1. The van der Waals surface area contributed by atoms with Gasteiger partial charge in [-0.15, -0.1) is 0 Å². The number of carbonyl (C=O) groups excluding carboxylic acids is 1. The zero-order valence-corrected chi connectivity index (χ0v) is 20.8. The van der Waals surface area contributed by atoms with E-state index in [2.05, 4.69) is 30.8 Å². The third-order valence-electron chi connectivity index (χ3n) is 4.83. The molecule has 2 aromatic carbocycles. The zero-order chi connectivity index (χ0) is 25.2. The lowest BCUT2D eigenvalue weighted by atomic mass is 9.95. The number of hydrogen-bond donors (Lipinski definition) is 0. The van der Waals surface area contributed by atoms with Gasteiger partial charge in [-0.05, 0) is 31.2 Å². The van der Waals surface area contributed by atoms with Crippen molar-refractivity contribution in [2.75, 3.05) is 7.11 Å². The van der Waals surface area contributed by atoms with Crippen molar-refractivity contribution in [3.05, 3.63) is 72.7 Å². The Labute approximate surface area is 203 Å². The molecule has 0 saturated heterocycles. The van der Waals surface area contributed by atoms with Gasteiger partial charge in [-0.25, -0.2) is 9.78 Å². The van der Waals surface area contributed by atoms with Crippen LogP contribution >= 0.6 is 15.9 Å². The fourth-order valence-corrected chi connectivity index (χ4v) is 3.48. The van der Waals surface area contributed by atoms with E-state index in [1.54, 1.807) is 18.2 Å². The minimum absolute atomic E-state index is 0.161. The molecular weight excluding hydrogens is 508 g/mol. The summed E-state index contributed by atoms with van der Waals surface area (Å²) in [6, 6.07) is 9.05. The van der Waals surface area contributed by atoms with Gasteiger partial charge in [0.05, 0.1) is 29.2 Å². The Hall–Kier alpha value is -3.60. The molecule has 0 aliphatic rings. The number of nitro groups is 1. The highest BCUT2D eigenvalue weighted by Crippen LogP contribution is 2.26. The van der Waals surface area contributed by atoms with E-state index in [0.29, 0.717) is 21.2 Å². The van der Waals surface area contributed by atoms with Gasteiger partial charge in [-0.1, -0.05) is 36.7 Å². The van der Waals surface area contributed by atoms with Gasteiger partial charge in [0.2, 0.25) is 0 Å². The molecule has 0 saturated carbocycles. The standard InChI is InChI=1S/C23H23BrN4O6/c1-13(21(30)33-5)34-19-9-7-16(28(31)32)10-14(19)12-25-27-20(29)17-11-15(24)6-8-18(17)26-22(27)23(2,3)4/h6-13H,1-5H3/t13-/m0/s1. The van der Waals surface area contributed by atoms with Gasteiger partial charge in [0.25, 0.3) is 11.2 Å². The minimum atomic E-state index is -0.967. The smallest absolute Gasteiger partial charge is 0.346 e. The number of benzene rings is 2. The molecule has 0 aliphatic heterocycles. The van der Waals surface area contributed by atoms with E-state index in [4.69, 9.17) is 4.74 Å². The number of non-ortho nitro benzene ring substituents is 1. The van der Waals surface area contributed by atoms with Gasteiger partial charge in [0, 0.05) is 27.6 Å². The number of aromatic nitrogens is 2. The SMILES string of the molecule is COC(=O)[C@H](C)Oc1ccc([N+](=O)[O-])cc1C=Nn1c(C(C)(C)C)nc2ccc(Br)cc2c1=O. The van der Waals surface area contributed by atoms with E-state index in [0.717, 1.165) is 0 Å². The summed E-state index contributed by atoms with van der Waals surface area (Å²) in [4.78, 5) is 40.5. The predicted octanol–water partition coefficient (Wildman–Crippen LogP) is 4.19. The van der Waals surface area contributed by atoms with Crippen molar-refractivity contribution in [3.8, 4) is 5.75 Å². The first-order valence-electron chi connectivity index (χ1n) is 10.2. The number of methoxy groups -OCH3 is 1. The lowest BCUT2D eigenvalue weighted by molar-refractivity contribution is -0.384. The molecule has 0 amide bonds. The van der Waals surface area contributed by atoms with Crippen LogP contribution in [0.3, 0.4) is 0 Å². The average Bonchev–Trinajstić information content (AvgIpc) is 2.77. The highest BCUT2D eigenvalue weighted by molar-refractivity contribution is 9.10. The first-order chi connectivity index (χ1) is 15.9. The third-order valence-corrected chi connectivity index (χ3v) is 5.33. The zero-order valence-electron chi connectivity index (χ0n) is 19.2. The highest BCUT2D eigenvalue weighted by Gasteiger charge is 2.23. The Bertz CT molecular complexity index is 1360. The third kappa shape index (κ3) is 5.30. The van der Waals surface area contributed by atoms with Gasteiger partial charge in [0.1, 0.15) is 11.6 Å². The first kappa shape index (κ1) is 25.0. The molecule has 178 valence electrons. The number of nitro benzene ring substituents is 1. The Balaban J connectivity index is 2.19. The van der Waals surface area contributed by atoms with Crippen LogP contribution in [0.4, 0.5) is 5.69 Å². The summed E-state index contributed by atoms with van der Waals surface area (Å²) < 4.78 is 12.2. The number of rotatable bonds is 6. The number of fused-ring (bicyclic) bond motifs is 1. The first-order valence-corrected chi connectivity index (χ1v) is 11.0. The number of esters is 1. The topological polar surface area (TPSA) is 126 Å². The number of nitrogens with zero attached hydrogens (tertiary/aromatic N) is 4. The predicted molar refractivity (Wildman–Crippen MR) is 131 cm³/mol. The molecule has 0 aliphatic carbocycles. The second-order valence-corrected chi connectivity index (χ2v) is 9.39. The maximum Gasteiger partial charge on any atom is 0.346 e. The summed E-state index contributed by atoms with van der Waals surface area (Å²) in [6.07, 6.45) is 0.306. The fraction of sp³-hybridized carbons (Fsp3) is 0.304. The number of ether oxygens (including phenoxy) is 2. The van der Waals surface area contributed by atoms with Gasteiger partial charge >= 0.3 is 5.97 Å². The fourth-order valence-electron chi connectivity index (χ4n) is 3.12. The normalized spacial score (nSPS) is 12.6. The molecule has 3 aromatic rings. The Morgan fingerprint density at radius 1 is 1.26 bits per heavy atom. The monoisotopic (exact) mass is 530 g/mol. The molecule has 0 bridgehead atoms. The number of hydrogen-bond acceptors (Lipinski definition) is 8. The summed E-state index contributed by atoms with van der Waals surface area (Å²) in [5, 5.41) is 16.0. The largest absolute Gasteiger partial charge is 0.478 e. The van der Waals surface area contributed by atoms with E-state index in [1.165, 1.54) is 43.1 Å². The molecule has 10 nitrogen and oxygen atoms in total. The second kappa shape index (κ2) is 9.72. The molecule has 1 aromatic heterocycles. The lowest BCUT2D eigenvalue weighted by Gasteiger charge is -2.21. The second-order valence-electron chi connectivity index (χ2n) is 8.47. The molecule has 34 heavy (non-hydrogen) atoms. The summed E-state index contributed by atoms with van der Waals surface area (Å²) >= 11 is 3.36. The molecule has 0 unspecified atom stereocenters. The summed E-state index contributed by atoms with van der Waals surface area (Å²) in [5.74, 6) is -0.0507. The molecule has 0 spiro atoms. The van der Waals surface area contributed by atoms with E-state index in [1.807, 2.05) is 20.8 Å². The van der Waals surface area contributed by atoms with Crippen molar-refractivity contribution in [2.45, 2.75) is 39.2 Å². The van der Waals surface area contributed by atoms with Crippen LogP contribution < -0.4 is 10.3 Å².